The number of benzene rings is 3. The molecule has 0 spiro atoms. The van der Waals surface area contributed by atoms with Crippen LogP contribution in [0.25, 0.3) is 6.08 Å². The van der Waals surface area contributed by atoms with Crippen LogP contribution >= 0.6 is 0 Å². The number of carbonyl (C=O) groups is 1. The molecule has 0 radical (unpaired) electrons. The lowest BCUT2D eigenvalue weighted by Crippen LogP contribution is -2.33. The van der Waals surface area contributed by atoms with Crippen LogP contribution in [0.15, 0.2) is 54.3 Å². The lowest BCUT2D eigenvalue weighted by molar-refractivity contribution is 0.0949. The molecule has 0 unspecified atom stereocenters. The predicted molar refractivity (Wildman–Crippen MR) is 136 cm³/mol. The van der Waals surface area contributed by atoms with Gasteiger partial charge in [0.2, 0.25) is 5.78 Å². The first-order chi connectivity index (χ1) is 17.5. The summed E-state index contributed by atoms with van der Waals surface area (Å²) >= 11 is 0. The Labute approximate surface area is 210 Å². The Morgan fingerprint density at radius 2 is 1.72 bits per heavy atom. The fourth-order valence-corrected chi connectivity index (χ4v) is 4.59. The largest absolute Gasteiger partial charge is 0.497 e. The van der Waals surface area contributed by atoms with Crippen LogP contribution in [0.1, 0.15) is 32.6 Å². The average Bonchev–Trinajstić information content (AvgIpc) is 3.24. The minimum absolute atomic E-state index is 0.148. The topological polar surface area (TPSA) is 66.5 Å². The van der Waals surface area contributed by atoms with E-state index in [2.05, 4.69) is 17.0 Å². The van der Waals surface area contributed by atoms with Crippen LogP contribution in [-0.4, -0.2) is 45.3 Å². The lowest BCUT2D eigenvalue weighted by Gasteiger charge is -2.30. The van der Waals surface area contributed by atoms with Gasteiger partial charge in [0, 0.05) is 18.7 Å². The number of rotatable bonds is 7. The van der Waals surface area contributed by atoms with Crippen LogP contribution in [0.4, 0.5) is 0 Å². The van der Waals surface area contributed by atoms with Gasteiger partial charge in [0.15, 0.2) is 5.76 Å². The van der Waals surface area contributed by atoms with E-state index in [0.717, 1.165) is 35.6 Å². The van der Waals surface area contributed by atoms with Crippen molar-refractivity contribution in [1.29, 1.82) is 0 Å². The number of ketones is 1. The van der Waals surface area contributed by atoms with Crippen molar-refractivity contribution >= 4 is 11.9 Å². The van der Waals surface area contributed by atoms with Crippen LogP contribution < -0.4 is 23.7 Å². The molecule has 7 heteroatoms. The molecule has 2 aliphatic heterocycles. The smallest absolute Gasteiger partial charge is 0.232 e. The maximum absolute atomic E-state index is 13.4. The number of hydrogen-bond donors (Lipinski definition) is 0. The Morgan fingerprint density at radius 3 is 2.44 bits per heavy atom. The zero-order valence-corrected chi connectivity index (χ0v) is 20.9. The molecule has 2 heterocycles. The third-order valence-electron chi connectivity index (χ3n) is 6.59. The molecular formula is C29H29NO6. The molecule has 7 nitrogen and oxygen atoms in total. The van der Waals surface area contributed by atoms with E-state index < -0.39 is 0 Å². The number of aryl methyl sites for hydroxylation is 1. The van der Waals surface area contributed by atoms with Gasteiger partial charge in [-0.15, -0.1) is 0 Å². The molecule has 2 aliphatic rings. The van der Waals surface area contributed by atoms with E-state index in [1.807, 2.05) is 37.3 Å². The third kappa shape index (κ3) is 4.50. The summed E-state index contributed by atoms with van der Waals surface area (Å²) in [7, 11) is 4.86. The first kappa shape index (κ1) is 23.8. The number of Topliss-reactive ketones (excluding diaryl/α,β-unsaturated/α-hetero) is 1. The molecule has 0 atom stereocenters. The molecule has 0 saturated carbocycles. The fraction of sp³-hybridized carbons (Fsp3) is 0.276. The maximum Gasteiger partial charge on any atom is 0.232 e. The van der Waals surface area contributed by atoms with E-state index in [1.165, 1.54) is 5.56 Å². The summed E-state index contributed by atoms with van der Waals surface area (Å²) in [5, 5.41) is 0. The first-order valence-corrected chi connectivity index (χ1v) is 11.8. The molecule has 0 bridgehead atoms. The second kappa shape index (κ2) is 9.95. The molecule has 0 aliphatic carbocycles. The molecule has 3 aromatic carbocycles. The standard InChI is InChI=1S/C29H29NO6/c1-18-13-25-23(16-30(17-35-25)12-11-19-5-7-21(32-2)8-6-19)29-27(18)28(31)26(36-29)15-20-14-22(33-3)9-10-24(20)34-4/h5-10,13-15H,11-12,16-17H2,1-4H3/b26-15+. The van der Waals surface area contributed by atoms with E-state index in [1.54, 1.807) is 33.5 Å². The van der Waals surface area contributed by atoms with Gasteiger partial charge in [-0.2, -0.15) is 0 Å². The number of carbonyl (C=O) groups excluding carboxylic acids is 1. The number of hydrogen-bond acceptors (Lipinski definition) is 7. The summed E-state index contributed by atoms with van der Waals surface area (Å²) in [6.07, 6.45) is 2.58. The lowest BCUT2D eigenvalue weighted by atomic mass is 9.98. The Kier molecular flexibility index (Phi) is 6.57. The number of allylic oxidation sites excluding steroid dienone is 1. The minimum Gasteiger partial charge on any atom is -0.497 e. The van der Waals surface area contributed by atoms with Gasteiger partial charge in [-0.25, -0.2) is 0 Å². The van der Waals surface area contributed by atoms with Crippen LogP contribution in [-0.2, 0) is 13.0 Å². The van der Waals surface area contributed by atoms with Crippen molar-refractivity contribution in [2.45, 2.75) is 19.9 Å². The van der Waals surface area contributed by atoms with Crippen molar-refractivity contribution < 1.29 is 28.5 Å². The van der Waals surface area contributed by atoms with Gasteiger partial charge >= 0.3 is 0 Å². The molecule has 36 heavy (non-hydrogen) atoms. The second-order valence-electron chi connectivity index (χ2n) is 8.85. The van der Waals surface area contributed by atoms with Crippen molar-refractivity contribution in [3.8, 4) is 28.7 Å². The Hall–Kier alpha value is -3.97. The Morgan fingerprint density at radius 1 is 0.972 bits per heavy atom. The summed E-state index contributed by atoms with van der Waals surface area (Å²) in [6, 6.07) is 15.5. The quantitative estimate of drug-likeness (QED) is 0.433. The van der Waals surface area contributed by atoms with Crippen LogP contribution in [0.2, 0.25) is 0 Å². The highest BCUT2D eigenvalue weighted by atomic mass is 16.5. The van der Waals surface area contributed by atoms with Crippen LogP contribution in [0, 0.1) is 6.92 Å². The van der Waals surface area contributed by atoms with Gasteiger partial charge in [-0.05, 0) is 66.9 Å². The van der Waals surface area contributed by atoms with Gasteiger partial charge in [0.25, 0.3) is 0 Å². The highest BCUT2D eigenvalue weighted by Gasteiger charge is 2.35. The molecular weight excluding hydrogens is 458 g/mol. The summed E-state index contributed by atoms with van der Waals surface area (Å²) in [6.45, 7) is 3.84. The normalized spacial score (nSPS) is 15.7. The summed E-state index contributed by atoms with van der Waals surface area (Å²) in [4.78, 5) is 15.6. The average molecular weight is 488 g/mol. The van der Waals surface area contributed by atoms with Crippen LogP contribution in [0.3, 0.4) is 0 Å². The summed E-state index contributed by atoms with van der Waals surface area (Å²) < 4.78 is 28.3. The molecule has 0 aromatic heterocycles. The van der Waals surface area contributed by atoms with E-state index in [9.17, 15) is 4.79 Å². The van der Waals surface area contributed by atoms with Gasteiger partial charge in [0.1, 0.15) is 35.5 Å². The summed E-state index contributed by atoms with van der Waals surface area (Å²) in [5.41, 5.74) is 4.24. The van der Waals surface area contributed by atoms with Crippen molar-refractivity contribution in [2.24, 2.45) is 0 Å². The number of fused-ring (bicyclic) bond motifs is 3. The van der Waals surface area contributed by atoms with E-state index in [0.29, 0.717) is 41.7 Å². The third-order valence-corrected chi connectivity index (χ3v) is 6.59. The molecule has 5 rings (SSSR count). The molecule has 0 fully saturated rings. The van der Waals surface area contributed by atoms with Crippen molar-refractivity contribution in [2.75, 3.05) is 34.6 Å². The molecule has 186 valence electrons. The fourth-order valence-electron chi connectivity index (χ4n) is 4.59. The van der Waals surface area contributed by atoms with Crippen molar-refractivity contribution in [1.82, 2.24) is 4.90 Å². The highest BCUT2D eigenvalue weighted by Crippen LogP contribution is 2.44. The van der Waals surface area contributed by atoms with Crippen molar-refractivity contribution in [3.05, 3.63) is 82.1 Å². The number of methoxy groups -OCH3 is 3. The van der Waals surface area contributed by atoms with Gasteiger partial charge in [0.05, 0.1) is 32.5 Å². The molecule has 0 N–H and O–H groups in total. The highest BCUT2D eigenvalue weighted by molar-refractivity contribution is 6.16. The Balaban J connectivity index is 1.39. The van der Waals surface area contributed by atoms with E-state index in [-0.39, 0.29) is 11.5 Å². The summed E-state index contributed by atoms with van der Waals surface area (Å²) in [5.74, 6) is 3.59. The second-order valence-corrected chi connectivity index (χ2v) is 8.85. The zero-order valence-electron chi connectivity index (χ0n) is 20.9. The monoisotopic (exact) mass is 487 g/mol. The van der Waals surface area contributed by atoms with Gasteiger partial charge < -0.3 is 23.7 Å². The van der Waals surface area contributed by atoms with E-state index in [4.69, 9.17) is 23.7 Å². The maximum atomic E-state index is 13.4. The van der Waals surface area contributed by atoms with Crippen LogP contribution in [0.5, 0.6) is 28.7 Å². The zero-order chi connectivity index (χ0) is 25.2. The predicted octanol–water partition coefficient (Wildman–Crippen LogP) is 5.03. The number of nitrogens with zero attached hydrogens (tertiary/aromatic N) is 1. The SMILES string of the molecule is COc1ccc(CCN2COc3cc(C)c4c(c3C2)O/C(=C/c2cc(OC)ccc2OC)C4=O)cc1. The molecule has 3 aromatic rings. The number of ether oxygens (including phenoxy) is 5. The molecule has 0 saturated heterocycles. The minimum atomic E-state index is -0.148. The Bertz CT molecular complexity index is 1330. The van der Waals surface area contributed by atoms with Gasteiger partial charge in [-0.1, -0.05) is 12.1 Å². The van der Waals surface area contributed by atoms with E-state index >= 15 is 0 Å². The van der Waals surface area contributed by atoms with Crippen molar-refractivity contribution in [3.63, 3.8) is 0 Å². The molecule has 0 amide bonds. The van der Waals surface area contributed by atoms with Gasteiger partial charge in [-0.3, -0.25) is 9.69 Å². The first-order valence-electron chi connectivity index (χ1n) is 11.8.